The first kappa shape index (κ1) is 14.2. The van der Waals surface area contributed by atoms with Gasteiger partial charge in [0.25, 0.3) is 0 Å². The Balaban J connectivity index is 2.74. The van der Waals surface area contributed by atoms with E-state index < -0.39 is 7.12 Å². The molecular formula is C12H20BNO3. The van der Waals surface area contributed by atoms with Crippen LogP contribution in [-0.4, -0.2) is 48.9 Å². The number of benzene rings is 1. The zero-order valence-corrected chi connectivity index (χ0v) is 10.6. The largest absolute Gasteiger partial charge is 0.488 e. The van der Waals surface area contributed by atoms with E-state index in [1.807, 2.05) is 19.2 Å². The van der Waals surface area contributed by atoms with Crippen molar-refractivity contribution in [1.29, 1.82) is 0 Å². The molecule has 0 radical (unpaired) electrons. The van der Waals surface area contributed by atoms with Gasteiger partial charge in [-0.25, -0.2) is 0 Å². The summed E-state index contributed by atoms with van der Waals surface area (Å²) in [5, 5.41) is 18.5. The molecular weight excluding hydrogens is 217 g/mol. The Morgan fingerprint density at radius 3 is 2.59 bits per heavy atom. The molecule has 0 spiro atoms. The summed E-state index contributed by atoms with van der Waals surface area (Å²) >= 11 is 0. The fraction of sp³-hybridized carbons (Fsp3) is 0.500. The van der Waals surface area contributed by atoms with Crippen LogP contribution in [0.15, 0.2) is 24.3 Å². The summed E-state index contributed by atoms with van der Waals surface area (Å²) in [6.45, 7) is 3.39. The number of hydrogen-bond donors (Lipinski definition) is 2. The highest BCUT2D eigenvalue weighted by Crippen LogP contribution is 2.05. The smallest absolute Gasteiger partial charge is 0.423 e. The molecule has 0 bridgehead atoms. The van der Waals surface area contributed by atoms with Gasteiger partial charge in [-0.3, -0.25) is 4.90 Å². The van der Waals surface area contributed by atoms with E-state index in [1.54, 1.807) is 19.2 Å². The first-order valence-corrected chi connectivity index (χ1v) is 5.69. The van der Waals surface area contributed by atoms with Gasteiger partial charge in [-0.15, -0.1) is 0 Å². The Bertz CT molecular complexity index is 346. The number of likely N-dealkylation sites (N-methyl/N-ethyl adjacent to an activating group) is 1. The van der Waals surface area contributed by atoms with Crippen LogP contribution in [0, 0.1) is 0 Å². The predicted molar refractivity (Wildman–Crippen MR) is 69.1 cm³/mol. The van der Waals surface area contributed by atoms with Crippen molar-refractivity contribution in [2.45, 2.75) is 19.5 Å². The van der Waals surface area contributed by atoms with Gasteiger partial charge < -0.3 is 14.8 Å². The Hall–Kier alpha value is -0.875. The average molecular weight is 237 g/mol. The van der Waals surface area contributed by atoms with E-state index in [-0.39, 0.29) is 6.04 Å². The highest BCUT2D eigenvalue weighted by molar-refractivity contribution is 6.59. The number of ether oxygens (including phenoxy) is 1. The molecule has 0 saturated heterocycles. The van der Waals surface area contributed by atoms with Crippen LogP contribution in [0.2, 0.25) is 0 Å². The molecule has 5 heteroatoms. The normalized spacial score (nSPS) is 12.8. The summed E-state index contributed by atoms with van der Waals surface area (Å²) in [6.07, 6.45) is 0. The van der Waals surface area contributed by atoms with Gasteiger partial charge in [0.15, 0.2) is 0 Å². The molecule has 94 valence electrons. The molecule has 1 atom stereocenters. The van der Waals surface area contributed by atoms with Gasteiger partial charge in [0.05, 0.1) is 6.61 Å². The zero-order valence-electron chi connectivity index (χ0n) is 10.6. The Labute approximate surface area is 103 Å². The van der Waals surface area contributed by atoms with Crippen molar-refractivity contribution < 1.29 is 14.8 Å². The minimum atomic E-state index is -1.42. The van der Waals surface area contributed by atoms with Crippen molar-refractivity contribution in [3.63, 3.8) is 0 Å². The van der Waals surface area contributed by atoms with E-state index in [1.165, 1.54) is 0 Å². The monoisotopic (exact) mass is 237 g/mol. The van der Waals surface area contributed by atoms with Crippen LogP contribution in [-0.2, 0) is 11.3 Å². The maximum atomic E-state index is 9.27. The van der Waals surface area contributed by atoms with Crippen LogP contribution < -0.4 is 5.46 Å². The third-order valence-corrected chi connectivity index (χ3v) is 2.91. The molecule has 0 fully saturated rings. The van der Waals surface area contributed by atoms with Gasteiger partial charge in [0.2, 0.25) is 0 Å². The molecule has 0 aliphatic rings. The quantitative estimate of drug-likeness (QED) is 0.675. The molecule has 4 nitrogen and oxygen atoms in total. The van der Waals surface area contributed by atoms with Gasteiger partial charge in [0.1, 0.15) is 0 Å². The van der Waals surface area contributed by atoms with E-state index in [9.17, 15) is 10.0 Å². The van der Waals surface area contributed by atoms with Crippen LogP contribution >= 0.6 is 0 Å². The molecule has 1 unspecified atom stereocenters. The molecule has 0 aromatic heterocycles. The van der Waals surface area contributed by atoms with Crippen molar-refractivity contribution in [2.24, 2.45) is 0 Å². The fourth-order valence-electron chi connectivity index (χ4n) is 1.72. The summed E-state index contributed by atoms with van der Waals surface area (Å²) in [7, 11) is 2.25. The van der Waals surface area contributed by atoms with Gasteiger partial charge in [-0.1, -0.05) is 24.3 Å². The molecule has 0 amide bonds. The second-order valence-corrected chi connectivity index (χ2v) is 4.29. The summed E-state index contributed by atoms with van der Waals surface area (Å²) in [5.41, 5.74) is 1.48. The second-order valence-electron chi connectivity index (χ2n) is 4.29. The van der Waals surface area contributed by atoms with Gasteiger partial charge in [-0.2, -0.15) is 0 Å². The Kier molecular flexibility index (Phi) is 5.64. The lowest BCUT2D eigenvalue weighted by Crippen LogP contribution is -2.38. The summed E-state index contributed by atoms with van der Waals surface area (Å²) in [6, 6.07) is 7.62. The molecule has 1 aromatic rings. The third kappa shape index (κ3) is 4.13. The van der Waals surface area contributed by atoms with Crippen molar-refractivity contribution >= 4 is 12.6 Å². The van der Waals surface area contributed by atoms with Crippen LogP contribution in [0.1, 0.15) is 12.5 Å². The van der Waals surface area contributed by atoms with Crippen LogP contribution in [0.25, 0.3) is 0 Å². The standard InChI is InChI=1S/C12H20BNO3/c1-10(9-17-3)14(2)8-11-6-4-5-7-12(11)13(15)16/h4-7,10,15-16H,8-9H2,1-3H3. The lowest BCUT2D eigenvalue weighted by Gasteiger charge is -2.25. The molecule has 1 aromatic carbocycles. The number of nitrogens with zero attached hydrogens (tertiary/aromatic N) is 1. The zero-order chi connectivity index (χ0) is 12.8. The number of methoxy groups -OCH3 is 1. The van der Waals surface area contributed by atoms with E-state index in [0.29, 0.717) is 18.6 Å². The molecule has 0 aliphatic carbocycles. The van der Waals surface area contributed by atoms with E-state index in [4.69, 9.17) is 4.74 Å². The molecule has 17 heavy (non-hydrogen) atoms. The van der Waals surface area contributed by atoms with Crippen molar-refractivity contribution in [3.8, 4) is 0 Å². The lowest BCUT2D eigenvalue weighted by atomic mass is 9.77. The van der Waals surface area contributed by atoms with Gasteiger partial charge in [0, 0.05) is 19.7 Å². The summed E-state index contributed by atoms with van der Waals surface area (Å²) in [4.78, 5) is 2.12. The minimum absolute atomic E-state index is 0.281. The van der Waals surface area contributed by atoms with Crippen LogP contribution in [0.5, 0.6) is 0 Å². The minimum Gasteiger partial charge on any atom is -0.423 e. The van der Waals surface area contributed by atoms with E-state index in [2.05, 4.69) is 11.8 Å². The molecule has 1 rings (SSSR count). The number of rotatable bonds is 6. The maximum absolute atomic E-state index is 9.27. The first-order chi connectivity index (χ1) is 8.06. The van der Waals surface area contributed by atoms with Crippen molar-refractivity contribution in [2.75, 3.05) is 20.8 Å². The highest BCUT2D eigenvalue weighted by Gasteiger charge is 2.17. The fourth-order valence-corrected chi connectivity index (χ4v) is 1.72. The highest BCUT2D eigenvalue weighted by atomic mass is 16.5. The number of hydrogen-bond acceptors (Lipinski definition) is 4. The van der Waals surface area contributed by atoms with Crippen LogP contribution in [0.4, 0.5) is 0 Å². The van der Waals surface area contributed by atoms with Crippen LogP contribution in [0.3, 0.4) is 0 Å². The molecule has 0 aliphatic heterocycles. The Morgan fingerprint density at radius 1 is 1.35 bits per heavy atom. The molecule has 0 heterocycles. The van der Waals surface area contributed by atoms with E-state index in [0.717, 1.165) is 5.56 Å². The first-order valence-electron chi connectivity index (χ1n) is 5.69. The second kappa shape index (κ2) is 6.76. The van der Waals surface area contributed by atoms with Gasteiger partial charge in [-0.05, 0) is 25.0 Å². The third-order valence-electron chi connectivity index (χ3n) is 2.91. The summed E-state index contributed by atoms with van der Waals surface area (Å²) in [5.74, 6) is 0. The van der Waals surface area contributed by atoms with E-state index >= 15 is 0 Å². The lowest BCUT2D eigenvalue weighted by molar-refractivity contribution is 0.112. The maximum Gasteiger partial charge on any atom is 0.488 e. The predicted octanol–water partition coefficient (Wildman–Crippen LogP) is -0.167. The average Bonchev–Trinajstić information content (AvgIpc) is 2.29. The SMILES string of the molecule is COCC(C)N(C)Cc1ccccc1B(O)O. The van der Waals surface area contributed by atoms with Gasteiger partial charge >= 0.3 is 7.12 Å². The van der Waals surface area contributed by atoms with Crippen molar-refractivity contribution in [1.82, 2.24) is 4.90 Å². The molecule has 0 saturated carbocycles. The topological polar surface area (TPSA) is 52.9 Å². The van der Waals surface area contributed by atoms with Crippen molar-refractivity contribution in [3.05, 3.63) is 29.8 Å². The summed E-state index contributed by atoms with van der Waals surface area (Å²) < 4.78 is 5.10. The Morgan fingerprint density at radius 2 is 2.00 bits per heavy atom. The molecule has 2 N–H and O–H groups in total.